The van der Waals surface area contributed by atoms with Crippen molar-refractivity contribution in [3.05, 3.63) is 85.4 Å². The van der Waals surface area contributed by atoms with E-state index in [1.165, 1.54) is 16.0 Å². The zero-order valence-corrected chi connectivity index (χ0v) is 18.2. The van der Waals surface area contributed by atoms with Crippen LogP contribution in [0.1, 0.15) is 22.4 Å². The molecule has 4 aromatic rings. The minimum absolute atomic E-state index is 0.0638. The van der Waals surface area contributed by atoms with Gasteiger partial charge in [-0.15, -0.1) is 11.3 Å². The lowest BCUT2D eigenvalue weighted by Gasteiger charge is -2.12. The molecule has 0 N–H and O–H groups in total. The van der Waals surface area contributed by atoms with Gasteiger partial charge in [0.2, 0.25) is 0 Å². The average molecular weight is 469 g/mol. The van der Waals surface area contributed by atoms with Crippen molar-refractivity contribution in [2.24, 2.45) is 0 Å². The molecule has 28 heavy (non-hydrogen) atoms. The van der Waals surface area contributed by atoms with Crippen molar-refractivity contribution in [2.45, 2.75) is 30.2 Å². The molecule has 0 bridgehead atoms. The molecule has 1 aliphatic rings. The molecular formula is C22H17BrN2OS2. The van der Waals surface area contributed by atoms with E-state index in [1.54, 1.807) is 27.7 Å². The number of thioether (sulfide) groups is 1. The van der Waals surface area contributed by atoms with Crippen LogP contribution in [0, 0.1) is 0 Å². The second kappa shape index (κ2) is 7.50. The van der Waals surface area contributed by atoms with Gasteiger partial charge >= 0.3 is 0 Å². The van der Waals surface area contributed by atoms with E-state index >= 15 is 0 Å². The topological polar surface area (TPSA) is 34.9 Å². The second-order valence-electron chi connectivity index (χ2n) is 6.82. The zero-order valence-electron chi connectivity index (χ0n) is 15.0. The number of para-hydroxylation sites is 1. The highest BCUT2D eigenvalue weighted by atomic mass is 79.9. The minimum atomic E-state index is 0.0638. The van der Waals surface area contributed by atoms with Gasteiger partial charge in [-0.3, -0.25) is 9.36 Å². The van der Waals surface area contributed by atoms with Crippen molar-refractivity contribution in [3.8, 4) is 5.69 Å². The largest absolute Gasteiger partial charge is 0.268 e. The molecule has 0 radical (unpaired) electrons. The third-order valence-electron chi connectivity index (χ3n) is 5.00. The molecule has 0 aliphatic heterocycles. The molecule has 0 saturated carbocycles. The highest BCUT2D eigenvalue weighted by molar-refractivity contribution is 9.10. The van der Waals surface area contributed by atoms with Crippen molar-refractivity contribution >= 4 is 49.2 Å². The lowest BCUT2D eigenvalue weighted by molar-refractivity contribution is 0.820. The fourth-order valence-corrected chi connectivity index (χ4v) is 6.19. The number of fused-ring (bicyclic) bond motifs is 3. The number of benzene rings is 2. The van der Waals surface area contributed by atoms with Crippen molar-refractivity contribution in [1.82, 2.24) is 9.55 Å². The summed E-state index contributed by atoms with van der Waals surface area (Å²) in [5.41, 5.74) is 3.37. The summed E-state index contributed by atoms with van der Waals surface area (Å²) < 4.78 is 2.85. The quantitative estimate of drug-likeness (QED) is 0.272. The molecule has 0 unspecified atom stereocenters. The maximum absolute atomic E-state index is 13.5. The summed E-state index contributed by atoms with van der Waals surface area (Å²) in [7, 11) is 0. The van der Waals surface area contributed by atoms with Gasteiger partial charge in [-0.05, 0) is 54.7 Å². The Hall–Kier alpha value is -1.89. The van der Waals surface area contributed by atoms with Gasteiger partial charge in [0.25, 0.3) is 5.56 Å². The van der Waals surface area contributed by atoms with E-state index in [2.05, 4.69) is 28.1 Å². The first-order chi connectivity index (χ1) is 13.7. The van der Waals surface area contributed by atoms with Crippen LogP contribution >= 0.6 is 39.0 Å². The Morgan fingerprint density at radius 3 is 2.64 bits per heavy atom. The van der Waals surface area contributed by atoms with Gasteiger partial charge in [-0.1, -0.05) is 58.0 Å². The summed E-state index contributed by atoms with van der Waals surface area (Å²) in [6.07, 6.45) is 3.21. The van der Waals surface area contributed by atoms with Gasteiger partial charge in [-0.25, -0.2) is 4.98 Å². The van der Waals surface area contributed by atoms with Gasteiger partial charge < -0.3 is 0 Å². The molecule has 2 aromatic heterocycles. The maximum atomic E-state index is 13.5. The average Bonchev–Trinajstić information content (AvgIpc) is 3.29. The van der Waals surface area contributed by atoms with E-state index < -0.39 is 0 Å². The summed E-state index contributed by atoms with van der Waals surface area (Å²) in [6.45, 7) is 0. The molecule has 3 nitrogen and oxygen atoms in total. The van der Waals surface area contributed by atoms with E-state index in [-0.39, 0.29) is 5.56 Å². The Balaban J connectivity index is 1.64. The first-order valence-electron chi connectivity index (χ1n) is 9.20. The van der Waals surface area contributed by atoms with E-state index in [1.807, 2.05) is 42.5 Å². The van der Waals surface area contributed by atoms with Crippen molar-refractivity contribution in [1.29, 1.82) is 0 Å². The Bertz CT molecular complexity index is 1210. The Morgan fingerprint density at radius 2 is 1.86 bits per heavy atom. The molecule has 0 fully saturated rings. The van der Waals surface area contributed by atoms with Crippen LogP contribution < -0.4 is 5.56 Å². The number of nitrogens with zero attached hydrogens (tertiary/aromatic N) is 2. The normalized spacial score (nSPS) is 13.2. The third-order valence-corrected chi connectivity index (χ3v) is 7.73. The van der Waals surface area contributed by atoms with Gasteiger partial charge in [-0.2, -0.15) is 0 Å². The van der Waals surface area contributed by atoms with Crippen LogP contribution in [-0.4, -0.2) is 9.55 Å². The molecule has 0 amide bonds. The van der Waals surface area contributed by atoms with E-state index in [4.69, 9.17) is 4.98 Å². The monoisotopic (exact) mass is 468 g/mol. The number of hydrogen-bond donors (Lipinski definition) is 0. The molecule has 5 rings (SSSR count). The van der Waals surface area contributed by atoms with Crippen molar-refractivity contribution in [3.63, 3.8) is 0 Å². The first kappa shape index (κ1) is 18.2. The summed E-state index contributed by atoms with van der Waals surface area (Å²) in [5, 5.41) is 1.58. The number of aromatic nitrogens is 2. The number of rotatable bonds is 4. The molecule has 0 atom stereocenters. The Labute approximate surface area is 179 Å². The van der Waals surface area contributed by atoms with Crippen LogP contribution in [0.15, 0.2) is 69.0 Å². The lowest BCUT2D eigenvalue weighted by Crippen LogP contribution is -2.21. The molecule has 6 heteroatoms. The van der Waals surface area contributed by atoms with Crippen LogP contribution in [0.2, 0.25) is 0 Å². The second-order valence-corrected chi connectivity index (χ2v) is 9.76. The SMILES string of the molecule is O=c1c2c3c(sc2nc(SCc2ccc(Br)cc2)n1-c1ccccc1)CCC3. The predicted octanol–water partition coefficient (Wildman–Crippen LogP) is 5.99. The van der Waals surface area contributed by atoms with E-state index in [0.29, 0.717) is 0 Å². The van der Waals surface area contributed by atoms with Crippen molar-refractivity contribution in [2.75, 3.05) is 0 Å². The van der Waals surface area contributed by atoms with Crippen LogP contribution in [0.5, 0.6) is 0 Å². The summed E-state index contributed by atoms with van der Waals surface area (Å²) in [5.74, 6) is 0.767. The first-order valence-corrected chi connectivity index (χ1v) is 11.8. The Morgan fingerprint density at radius 1 is 1.07 bits per heavy atom. The third kappa shape index (κ3) is 3.23. The maximum Gasteiger partial charge on any atom is 0.267 e. The number of thiophene rings is 1. The molecule has 1 aliphatic carbocycles. The van der Waals surface area contributed by atoms with E-state index in [9.17, 15) is 4.79 Å². The highest BCUT2D eigenvalue weighted by Crippen LogP contribution is 2.36. The van der Waals surface area contributed by atoms with Gasteiger partial charge in [0.05, 0.1) is 11.1 Å². The number of halogens is 1. The molecular weight excluding hydrogens is 452 g/mol. The zero-order chi connectivity index (χ0) is 19.1. The highest BCUT2D eigenvalue weighted by Gasteiger charge is 2.23. The summed E-state index contributed by atoms with van der Waals surface area (Å²) in [6, 6.07) is 18.1. The molecule has 140 valence electrons. The van der Waals surface area contributed by atoms with Crippen LogP contribution in [-0.2, 0) is 18.6 Å². The fourth-order valence-electron chi connectivity index (χ4n) is 3.65. The summed E-state index contributed by atoms with van der Waals surface area (Å²) in [4.78, 5) is 20.7. The van der Waals surface area contributed by atoms with Gasteiger partial charge in [0, 0.05) is 15.1 Å². The van der Waals surface area contributed by atoms with Gasteiger partial charge in [0.15, 0.2) is 5.16 Å². The Kier molecular flexibility index (Phi) is 4.87. The fraction of sp³-hybridized carbons (Fsp3) is 0.182. The number of aryl methyl sites for hydroxylation is 2. The molecule has 0 spiro atoms. The summed E-state index contributed by atoms with van der Waals surface area (Å²) >= 11 is 6.79. The molecule has 2 heterocycles. The molecule has 0 saturated heterocycles. The van der Waals surface area contributed by atoms with Crippen LogP contribution in [0.4, 0.5) is 0 Å². The van der Waals surface area contributed by atoms with E-state index in [0.717, 1.165) is 50.5 Å². The standard InChI is InChI=1S/C22H17BrN2OS2/c23-15-11-9-14(10-12-15)13-27-22-24-20-19(17-7-4-8-18(17)28-20)21(26)25(22)16-5-2-1-3-6-16/h1-3,5-6,9-12H,4,7-8,13H2. The minimum Gasteiger partial charge on any atom is -0.268 e. The van der Waals surface area contributed by atoms with Gasteiger partial charge in [0.1, 0.15) is 4.83 Å². The predicted molar refractivity (Wildman–Crippen MR) is 121 cm³/mol. The van der Waals surface area contributed by atoms with Crippen LogP contribution in [0.3, 0.4) is 0 Å². The smallest absolute Gasteiger partial charge is 0.267 e. The number of hydrogen-bond acceptors (Lipinski definition) is 4. The molecule has 2 aromatic carbocycles. The lowest BCUT2D eigenvalue weighted by atomic mass is 10.2. The van der Waals surface area contributed by atoms with Crippen molar-refractivity contribution < 1.29 is 0 Å². The van der Waals surface area contributed by atoms with Crippen LogP contribution in [0.25, 0.3) is 15.9 Å².